The quantitative estimate of drug-likeness (QED) is 0.144. The van der Waals surface area contributed by atoms with E-state index in [0.29, 0.717) is 18.7 Å². The number of imide groups is 2. The van der Waals surface area contributed by atoms with Gasteiger partial charge in [-0.2, -0.15) is 0 Å². The van der Waals surface area contributed by atoms with Crippen molar-refractivity contribution in [3.8, 4) is 5.75 Å². The number of ether oxygens (including phenoxy) is 1. The summed E-state index contributed by atoms with van der Waals surface area (Å²) in [5, 5.41) is 2.40. The van der Waals surface area contributed by atoms with Crippen LogP contribution in [0.5, 0.6) is 5.75 Å². The number of allylic oxidation sites excluding steroid dienone is 1. The fourth-order valence-corrected chi connectivity index (χ4v) is 5.95. The maximum Gasteiger partial charge on any atom is 0.331 e. The zero-order valence-corrected chi connectivity index (χ0v) is 26.0. The number of urea groups is 1. The molecular weight excluding hydrogens is 562 g/mol. The van der Waals surface area contributed by atoms with Gasteiger partial charge in [-0.3, -0.25) is 19.8 Å². The number of carbonyl (C=O) groups is 3. The fourth-order valence-electron chi connectivity index (χ4n) is 5.95. The van der Waals surface area contributed by atoms with Gasteiger partial charge in [0.15, 0.2) is 5.41 Å². The van der Waals surface area contributed by atoms with Crippen molar-refractivity contribution < 1.29 is 19.1 Å². The van der Waals surface area contributed by atoms with Crippen molar-refractivity contribution in [3.63, 3.8) is 0 Å². The van der Waals surface area contributed by atoms with E-state index in [1.54, 1.807) is 31.2 Å². The minimum absolute atomic E-state index is 0.0271. The largest absolute Gasteiger partial charge is 0.492 e. The van der Waals surface area contributed by atoms with E-state index in [-0.39, 0.29) is 13.1 Å². The van der Waals surface area contributed by atoms with E-state index >= 15 is 0 Å². The third kappa shape index (κ3) is 6.59. The van der Waals surface area contributed by atoms with Crippen molar-refractivity contribution >= 4 is 29.0 Å². The van der Waals surface area contributed by atoms with Gasteiger partial charge >= 0.3 is 6.03 Å². The Morgan fingerprint density at radius 1 is 0.756 bits per heavy atom. The van der Waals surface area contributed by atoms with Gasteiger partial charge < -0.3 is 4.74 Å². The van der Waals surface area contributed by atoms with E-state index in [2.05, 4.69) is 72.9 Å². The molecule has 4 aromatic rings. The van der Waals surface area contributed by atoms with Crippen LogP contribution in [0.4, 0.5) is 4.79 Å². The molecule has 1 heterocycles. The second-order valence-corrected chi connectivity index (χ2v) is 11.2. The maximum atomic E-state index is 13.7. The Balaban J connectivity index is 1.26. The Hall–Kier alpha value is -5.01. The molecule has 230 valence electrons. The molecule has 45 heavy (non-hydrogen) atoms. The van der Waals surface area contributed by atoms with Crippen molar-refractivity contribution in [2.24, 2.45) is 0 Å². The second kappa shape index (κ2) is 14.2. The van der Waals surface area contributed by atoms with Gasteiger partial charge in [0.2, 0.25) is 5.91 Å². The lowest BCUT2D eigenvalue weighted by molar-refractivity contribution is -0.146. The molecule has 0 bridgehead atoms. The molecule has 0 spiro atoms. The monoisotopic (exact) mass is 601 g/mol. The van der Waals surface area contributed by atoms with Crippen LogP contribution in [0.25, 0.3) is 11.1 Å². The van der Waals surface area contributed by atoms with Gasteiger partial charge in [0, 0.05) is 6.54 Å². The van der Waals surface area contributed by atoms with Crippen LogP contribution in [-0.4, -0.2) is 54.5 Å². The van der Waals surface area contributed by atoms with Gasteiger partial charge in [0.25, 0.3) is 5.91 Å². The van der Waals surface area contributed by atoms with Crippen molar-refractivity contribution in [1.29, 1.82) is 0 Å². The molecule has 4 amide bonds. The van der Waals surface area contributed by atoms with Crippen LogP contribution in [-0.2, 0) is 15.0 Å². The van der Waals surface area contributed by atoms with Gasteiger partial charge in [0.05, 0.1) is 6.67 Å². The van der Waals surface area contributed by atoms with Crippen molar-refractivity contribution in [2.75, 3.05) is 26.9 Å². The molecule has 0 unspecified atom stereocenters. The molecule has 7 heteroatoms. The number of carbonyl (C=O) groups excluding carboxylic acids is 3. The molecule has 0 aliphatic carbocycles. The Morgan fingerprint density at radius 3 is 1.89 bits per heavy atom. The number of hydrogen-bond acceptors (Lipinski definition) is 5. The molecule has 1 atom stereocenters. The molecule has 1 aliphatic heterocycles. The molecule has 1 saturated heterocycles. The highest BCUT2D eigenvalue weighted by Gasteiger charge is 2.54. The zero-order chi connectivity index (χ0) is 31.8. The SMILES string of the molecule is CC/C(=C(\c1ccccc1)c1ccc(OCCN(C)CN2C(=O)NC(=O)[C@@](CC)(c3ccccc3)C2=O)cc1)c1ccccc1. The Kier molecular flexibility index (Phi) is 9.90. The summed E-state index contributed by atoms with van der Waals surface area (Å²) in [6.45, 7) is 4.80. The van der Waals surface area contributed by atoms with Crippen molar-refractivity contribution in [1.82, 2.24) is 15.1 Å². The number of likely N-dealkylation sites (N-methyl/N-ethyl adjacent to an activating group) is 1. The molecule has 7 nitrogen and oxygen atoms in total. The average Bonchev–Trinajstić information content (AvgIpc) is 3.07. The van der Waals surface area contributed by atoms with Crippen LogP contribution in [0, 0.1) is 0 Å². The van der Waals surface area contributed by atoms with Gasteiger partial charge in [-0.15, -0.1) is 0 Å². The second-order valence-electron chi connectivity index (χ2n) is 11.2. The Morgan fingerprint density at radius 2 is 1.31 bits per heavy atom. The van der Waals surface area contributed by atoms with E-state index in [9.17, 15) is 14.4 Å². The number of rotatable bonds is 12. The summed E-state index contributed by atoms with van der Waals surface area (Å²) < 4.78 is 6.06. The molecule has 4 aromatic carbocycles. The number of barbiturate groups is 1. The highest BCUT2D eigenvalue weighted by molar-refractivity contribution is 6.22. The highest BCUT2D eigenvalue weighted by Crippen LogP contribution is 2.35. The van der Waals surface area contributed by atoms with Crippen LogP contribution in [0.2, 0.25) is 0 Å². The Labute approximate surface area is 265 Å². The van der Waals surface area contributed by atoms with Crippen LogP contribution in [0.15, 0.2) is 115 Å². The van der Waals surface area contributed by atoms with Crippen molar-refractivity contribution in [3.05, 3.63) is 138 Å². The zero-order valence-electron chi connectivity index (χ0n) is 26.0. The van der Waals surface area contributed by atoms with Gasteiger partial charge in [-0.25, -0.2) is 9.69 Å². The van der Waals surface area contributed by atoms with Crippen LogP contribution in [0.3, 0.4) is 0 Å². The normalized spacial score (nSPS) is 17.2. The number of hydrogen-bond donors (Lipinski definition) is 1. The summed E-state index contributed by atoms with van der Waals surface area (Å²) in [6, 6.07) is 37.2. The number of amides is 4. The Bertz CT molecular complexity index is 1650. The standard InChI is InChI=1S/C38H39N3O4/c1-4-33(28-15-9-6-10-16-28)34(29-17-11-7-12-18-29)30-21-23-32(24-22-30)45-26-25-40(3)27-41-36(43)38(5-2,35(42)39-37(41)44)31-19-13-8-14-20-31/h6-24H,4-5,25-27H2,1-3H3,(H,39,42,44)/b34-33-/t38-/m1/s1. The molecule has 0 radical (unpaired) electrons. The predicted octanol–water partition coefficient (Wildman–Crippen LogP) is 6.75. The van der Waals surface area contributed by atoms with Crippen LogP contribution >= 0.6 is 0 Å². The minimum Gasteiger partial charge on any atom is -0.492 e. The summed E-state index contributed by atoms with van der Waals surface area (Å²) in [6.07, 6.45) is 1.12. The van der Waals surface area contributed by atoms with E-state index in [0.717, 1.165) is 28.2 Å². The maximum absolute atomic E-state index is 13.7. The number of benzene rings is 4. The molecule has 1 fully saturated rings. The lowest BCUT2D eigenvalue weighted by Gasteiger charge is -2.40. The third-order valence-corrected chi connectivity index (χ3v) is 8.37. The topological polar surface area (TPSA) is 79.0 Å². The van der Waals surface area contributed by atoms with E-state index in [4.69, 9.17) is 4.74 Å². The number of nitrogens with one attached hydrogen (secondary N) is 1. The first-order valence-electron chi connectivity index (χ1n) is 15.4. The molecule has 0 saturated carbocycles. The summed E-state index contributed by atoms with van der Waals surface area (Å²) in [5.41, 5.74) is 5.06. The van der Waals surface area contributed by atoms with Crippen LogP contribution in [0.1, 0.15) is 48.9 Å². The predicted molar refractivity (Wildman–Crippen MR) is 177 cm³/mol. The highest BCUT2D eigenvalue weighted by atomic mass is 16.5. The van der Waals surface area contributed by atoms with Gasteiger partial charge in [0.1, 0.15) is 12.4 Å². The summed E-state index contributed by atoms with van der Waals surface area (Å²) in [5.74, 6) is -0.377. The summed E-state index contributed by atoms with van der Waals surface area (Å²) in [7, 11) is 1.81. The number of nitrogens with zero attached hydrogens (tertiary/aromatic N) is 2. The molecule has 5 rings (SSSR count). The van der Waals surface area contributed by atoms with E-state index in [1.165, 1.54) is 16.7 Å². The first-order valence-corrected chi connectivity index (χ1v) is 15.4. The van der Waals surface area contributed by atoms with E-state index < -0.39 is 23.3 Å². The lowest BCUT2D eigenvalue weighted by Crippen LogP contribution is -2.67. The fraction of sp³-hybridized carbons (Fsp3) is 0.237. The third-order valence-electron chi connectivity index (χ3n) is 8.37. The van der Waals surface area contributed by atoms with Crippen molar-refractivity contribution in [2.45, 2.75) is 32.1 Å². The lowest BCUT2D eigenvalue weighted by atomic mass is 9.75. The first kappa shape index (κ1) is 31.4. The molecule has 1 N–H and O–H groups in total. The molecular formula is C38H39N3O4. The molecule has 0 aromatic heterocycles. The first-order chi connectivity index (χ1) is 21.9. The smallest absolute Gasteiger partial charge is 0.331 e. The molecule has 1 aliphatic rings. The summed E-state index contributed by atoms with van der Waals surface area (Å²) in [4.78, 5) is 42.3. The average molecular weight is 602 g/mol. The van der Waals surface area contributed by atoms with Gasteiger partial charge in [-0.1, -0.05) is 117 Å². The van der Waals surface area contributed by atoms with Crippen LogP contribution < -0.4 is 10.1 Å². The minimum atomic E-state index is -1.44. The van der Waals surface area contributed by atoms with Gasteiger partial charge in [-0.05, 0) is 65.4 Å². The van der Waals surface area contributed by atoms with E-state index in [1.807, 2.05) is 42.3 Å². The summed E-state index contributed by atoms with van der Waals surface area (Å²) >= 11 is 0.